The second kappa shape index (κ2) is 18.9. The molecule has 57 heavy (non-hydrogen) atoms. The molecule has 3 aliphatic rings. The van der Waals surface area contributed by atoms with E-state index >= 15 is 0 Å². The zero-order valence-corrected chi connectivity index (χ0v) is 34.3. The number of anilines is 1. The summed E-state index contributed by atoms with van der Waals surface area (Å²) in [5.41, 5.74) is 3.58. The van der Waals surface area contributed by atoms with Crippen molar-refractivity contribution in [3.63, 3.8) is 0 Å². The molecule has 3 aromatic carbocycles. The van der Waals surface area contributed by atoms with Gasteiger partial charge in [-0.05, 0) is 118 Å². The number of hydrogen-bond acceptors (Lipinski definition) is 10. The van der Waals surface area contributed by atoms with Crippen LogP contribution < -0.4 is 14.8 Å². The first kappa shape index (κ1) is 42.2. The Hall–Kier alpha value is -4.42. The normalized spacial score (nSPS) is 24.4. The lowest BCUT2D eigenvalue weighted by molar-refractivity contribution is -0.223. The third-order valence-corrected chi connectivity index (χ3v) is 12.1. The number of benzene rings is 3. The summed E-state index contributed by atoms with van der Waals surface area (Å²) in [7, 11) is 0. The third-order valence-electron chi connectivity index (χ3n) is 10.7. The van der Waals surface area contributed by atoms with E-state index in [9.17, 15) is 19.8 Å². The van der Waals surface area contributed by atoms with E-state index in [2.05, 4.69) is 24.0 Å². The summed E-state index contributed by atoms with van der Waals surface area (Å²) in [5.74, 6) is 0.394. The average molecular weight is 797 g/mol. The molecule has 3 aromatic rings. The molecular weight excluding hydrogens is 741 g/mol. The second-order valence-electron chi connectivity index (χ2n) is 16.1. The number of ether oxygens (including phenoxy) is 3. The first-order chi connectivity index (χ1) is 27.5. The fourth-order valence-electron chi connectivity index (χ4n) is 8.45. The lowest BCUT2D eigenvalue weighted by Gasteiger charge is -2.58. The lowest BCUT2D eigenvalue weighted by Crippen LogP contribution is -2.64. The Kier molecular flexibility index (Phi) is 14.0. The molecule has 6 rings (SSSR count). The largest absolute Gasteiger partial charge is 0.460 e. The number of aliphatic hydroxyl groups excluding tert-OH is 2. The number of nitrogens with one attached hydrogen (secondary N) is 1. The van der Waals surface area contributed by atoms with Crippen molar-refractivity contribution in [2.24, 2.45) is 22.9 Å². The van der Waals surface area contributed by atoms with Crippen LogP contribution in [-0.2, 0) is 14.4 Å². The fourth-order valence-corrected chi connectivity index (χ4v) is 9.74. The number of rotatable bonds is 18. The fraction of sp³-hybridized carbons (Fsp3) is 0.457. The van der Waals surface area contributed by atoms with Crippen LogP contribution in [0.3, 0.4) is 0 Å². The summed E-state index contributed by atoms with van der Waals surface area (Å²) < 4.78 is 20.8. The van der Waals surface area contributed by atoms with Crippen LogP contribution in [0.4, 0.5) is 5.69 Å². The van der Waals surface area contributed by atoms with Gasteiger partial charge in [-0.15, -0.1) is 18.3 Å². The van der Waals surface area contributed by atoms with Gasteiger partial charge in [-0.2, -0.15) is 0 Å². The zero-order chi connectivity index (χ0) is 40.6. The Morgan fingerprint density at radius 1 is 1.02 bits per heavy atom. The summed E-state index contributed by atoms with van der Waals surface area (Å²) in [6.07, 6.45) is 10.2. The number of thioether (sulfide) groups is 1. The molecule has 0 saturated heterocycles. The standard InChI is InChI=1S/C46H56N2O8S/c1-6-24-53-46-42(57-36-19-16-33(17-20-36)47-30(2)52)28-40(48-56-45(3,4)5)38-26-32(13-7-9-22-49)37(15-8-10-23-50)43(44(38)46)39-27-35(18-21-41(39)55-46)54-34-14-11-12-31(25-34)29-51/h6,11-12,14,16-21,25-27,29,32,37,42-44,49-50H,1,7-10,13,15,22-24,28H2,2-5H3,(H,47,52). The Morgan fingerprint density at radius 2 is 1.75 bits per heavy atom. The van der Waals surface area contributed by atoms with E-state index in [0.717, 1.165) is 53.7 Å². The highest BCUT2D eigenvalue weighted by molar-refractivity contribution is 8.00. The van der Waals surface area contributed by atoms with Crippen molar-refractivity contribution >= 4 is 35.4 Å². The van der Waals surface area contributed by atoms with Gasteiger partial charge in [0, 0.05) is 54.2 Å². The van der Waals surface area contributed by atoms with Crippen LogP contribution in [0.25, 0.3) is 0 Å². The number of aldehydes is 1. The number of oxime groups is 1. The summed E-state index contributed by atoms with van der Waals surface area (Å²) in [5, 5.41) is 27.2. The van der Waals surface area contributed by atoms with E-state index in [-0.39, 0.29) is 54.6 Å². The van der Waals surface area contributed by atoms with E-state index in [1.807, 2.05) is 63.2 Å². The van der Waals surface area contributed by atoms with Gasteiger partial charge in [-0.25, -0.2) is 0 Å². The minimum absolute atomic E-state index is 0.112. The summed E-state index contributed by atoms with van der Waals surface area (Å²) in [4.78, 5) is 30.6. The van der Waals surface area contributed by atoms with Gasteiger partial charge in [0.05, 0.1) is 23.5 Å². The van der Waals surface area contributed by atoms with Crippen LogP contribution >= 0.6 is 11.8 Å². The quantitative estimate of drug-likeness (QED) is 0.0498. The van der Waals surface area contributed by atoms with Gasteiger partial charge in [-0.3, -0.25) is 9.59 Å². The van der Waals surface area contributed by atoms with Crippen LogP contribution in [0.1, 0.15) is 94.5 Å². The monoisotopic (exact) mass is 796 g/mol. The first-order valence-corrected chi connectivity index (χ1v) is 20.9. The number of unbranched alkanes of at least 4 members (excludes halogenated alkanes) is 2. The van der Waals surface area contributed by atoms with Crippen molar-refractivity contribution in [1.29, 1.82) is 0 Å². The van der Waals surface area contributed by atoms with Crippen molar-refractivity contribution in [2.45, 2.75) is 100 Å². The Labute approximate surface area is 340 Å². The molecule has 1 aliphatic heterocycles. The SMILES string of the molecule is C=CCOC12Oc3ccc(Oc4cccc(C=O)c4)cc3C3C(CCCCO)C(CCCCO)C=C(C(=NOC(C)(C)C)CC1Sc1ccc(NC(C)=O)cc1)C32. The molecule has 2 aliphatic carbocycles. The van der Waals surface area contributed by atoms with Gasteiger partial charge < -0.3 is 34.6 Å². The van der Waals surface area contributed by atoms with Crippen molar-refractivity contribution in [3.05, 3.63) is 102 Å². The van der Waals surface area contributed by atoms with Crippen molar-refractivity contribution in [1.82, 2.24) is 0 Å². The number of amides is 1. The van der Waals surface area contributed by atoms with Gasteiger partial charge in [0.15, 0.2) is 0 Å². The third kappa shape index (κ3) is 10.0. The van der Waals surface area contributed by atoms with Gasteiger partial charge in [0.2, 0.25) is 11.7 Å². The summed E-state index contributed by atoms with van der Waals surface area (Å²) >= 11 is 1.65. The van der Waals surface area contributed by atoms with Crippen molar-refractivity contribution in [3.8, 4) is 17.2 Å². The predicted molar refractivity (Wildman–Crippen MR) is 224 cm³/mol. The molecule has 0 radical (unpaired) electrons. The Morgan fingerprint density at radius 3 is 2.44 bits per heavy atom. The van der Waals surface area contributed by atoms with E-state index < -0.39 is 11.4 Å². The maximum absolute atomic E-state index is 11.8. The molecule has 0 spiro atoms. The predicted octanol–water partition coefficient (Wildman–Crippen LogP) is 9.47. The summed E-state index contributed by atoms with van der Waals surface area (Å²) in [6, 6.07) is 20.8. The maximum atomic E-state index is 11.8. The van der Waals surface area contributed by atoms with Gasteiger partial charge >= 0.3 is 0 Å². The number of allylic oxidation sites excluding steroid dienone is 1. The number of fused-ring (bicyclic) bond motifs is 2. The minimum atomic E-state index is -1.16. The number of hydrogen-bond donors (Lipinski definition) is 3. The molecular formula is C46H56N2O8S. The molecule has 0 bridgehead atoms. The molecule has 0 aromatic heterocycles. The molecule has 6 atom stereocenters. The second-order valence-corrected chi connectivity index (χ2v) is 17.3. The number of carbonyl (C=O) groups is 2. The smallest absolute Gasteiger partial charge is 0.231 e. The maximum Gasteiger partial charge on any atom is 0.231 e. The average Bonchev–Trinajstić information content (AvgIpc) is 3.18. The molecule has 11 heteroatoms. The molecule has 304 valence electrons. The van der Waals surface area contributed by atoms with E-state index in [0.29, 0.717) is 47.8 Å². The van der Waals surface area contributed by atoms with Crippen LogP contribution in [0.2, 0.25) is 0 Å². The topological polar surface area (TPSA) is 136 Å². The molecule has 10 nitrogen and oxygen atoms in total. The molecule has 1 heterocycles. The Balaban J connectivity index is 1.55. The molecule has 1 fully saturated rings. The number of aliphatic hydroxyl groups is 2. The van der Waals surface area contributed by atoms with Crippen LogP contribution in [0.5, 0.6) is 17.2 Å². The number of nitrogens with zero attached hydrogens (tertiary/aromatic N) is 1. The van der Waals surface area contributed by atoms with E-state index in [1.165, 1.54) is 6.92 Å². The van der Waals surface area contributed by atoms with Crippen LogP contribution in [-0.4, -0.2) is 64.6 Å². The van der Waals surface area contributed by atoms with Gasteiger partial charge in [0.1, 0.15) is 29.1 Å². The first-order valence-electron chi connectivity index (χ1n) is 20.0. The molecule has 1 saturated carbocycles. The van der Waals surface area contributed by atoms with Crippen molar-refractivity contribution in [2.75, 3.05) is 25.1 Å². The molecule has 6 unspecified atom stereocenters. The summed E-state index contributed by atoms with van der Waals surface area (Å²) in [6.45, 7) is 12.0. The highest BCUT2D eigenvalue weighted by Crippen LogP contribution is 2.63. The van der Waals surface area contributed by atoms with Crippen LogP contribution in [0, 0.1) is 17.8 Å². The molecule has 1 amide bonds. The van der Waals surface area contributed by atoms with Crippen LogP contribution in [0.15, 0.2) is 101 Å². The Bertz CT molecular complexity index is 1940. The number of carbonyl (C=O) groups excluding carboxylic acids is 2. The molecule has 3 N–H and O–H groups in total. The van der Waals surface area contributed by atoms with E-state index in [4.69, 9.17) is 24.2 Å². The lowest BCUT2D eigenvalue weighted by atomic mass is 9.56. The highest BCUT2D eigenvalue weighted by Gasteiger charge is 2.64. The van der Waals surface area contributed by atoms with Crippen molar-refractivity contribution < 1.29 is 38.9 Å². The minimum Gasteiger partial charge on any atom is -0.460 e. The highest BCUT2D eigenvalue weighted by atomic mass is 32.2. The van der Waals surface area contributed by atoms with E-state index in [1.54, 1.807) is 36.0 Å². The zero-order valence-electron chi connectivity index (χ0n) is 33.4. The van der Waals surface area contributed by atoms with Gasteiger partial charge in [0.25, 0.3) is 0 Å². The van der Waals surface area contributed by atoms with Gasteiger partial charge in [-0.1, -0.05) is 42.3 Å².